The fourth-order valence-electron chi connectivity index (χ4n) is 2.93. The van der Waals surface area contributed by atoms with E-state index in [2.05, 4.69) is 25.5 Å². The molecule has 1 aliphatic rings. The molecule has 1 saturated heterocycles. The lowest BCUT2D eigenvalue weighted by Crippen LogP contribution is -2.39. The molecule has 2 heterocycles. The lowest BCUT2D eigenvalue weighted by atomic mass is 10.2. The van der Waals surface area contributed by atoms with Crippen molar-refractivity contribution in [1.82, 2.24) is 14.9 Å². The third-order valence-electron chi connectivity index (χ3n) is 4.32. The van der Waals surface area contributed by atoms with E-state index in [1.54, 1.807) is 7.11 Å². The number of anilines is 2. The second kappa shape index (κ2) is 9.35. The molecule has 1 aliphatic heterocycles. The average Bonchev–Trinajstić information content (AvgIpc) is 2.67. The molecule has 0 aliphatic carbocycles. The van der Waals surface area contributed by atoms with E-state index in [1.807, 2.05) is 37.3 Å². The molecular formula is C19H27N5O2. The lowest BCUT2D eigenvalue weighted by Gasteiger charge is -2.26. The molecule has 0 amide bonds. The van der Waals surface area contributed by atoms with E-state index in [1.165, 1.54) is 0 Å². The molecule has 26 heavy (non-hydrogen) atoms. The van der Waals surface area contributed by atoms with Crippen LogP contribution in [0.1, 0.15) is 11.3 Å². The number of nitrogens with zero attached hydrogens (tertiary/aromatic N) is 3. The summed E-state index contributed by atoms with van der Waals surface area (Å²) in [4.78, 5) is 11.4. The fourth-order valence-corrected chi connectivity index (χ4v) is 2.93. The number of hydrogen-bond donors (Lipinski definition) is 2. The molecule has 140 valence electrons. The highest BCUT2D eigenvalue weighted by Gasteiger charge is 2.10. The van der Waals surface area contributed by atoms with Crippen molar-refractivity contribution in [2.45, 2.75) is 13.5 Å². The zero-order valence-electron chi connectivity index (χ0n) is 15.5. The van der Waals surface area contributed by atoms with Crippen LogP contribution in [0.2, 0.25) is 0 Å². The van der Waals surface area contributed by atoms with E-state index < -0.39 is 0 Å². The molecule has 0 saturated carbocycles. The maximum Gasteiger partial charge on any atom is 0.225 e. The summed E-state index contributed by atoms with van der Waals surface area (Å²) in [5, 5.41) is 6.68. The summed E-state index contributed by atoms with van der Waals surface area (Å²) in [6, 6.07) is 9.90. The molecule has 0 spiro atoms. The maximum atomic E-state index is 5.39. The monoisotopic (exact) mass is 357 g/mol. The van der Waals surface area contributed by atoms with Gasteiger partial charge in [0.15, 0.2) is 0 Å². The highest BCUT2D eigenvalue weighted by Crippen LogP contribution is 2.18. The zero-order chi connectivity index (χ0) is 18.2. The summed E-state index contributed by atoms with van der Waals surface area (Å²) in [5.41, 5.74) is 2.00. The average molecular weight is 357 g/mol. The van der Waals surface area contributed by atoms with Gasteiger partial charge in [-0.1, -0.05) is 18.2 Å². The van der Waals surface area contributed by atoms with Gasteiger partial charge in [-0.15, -0.1) is 0 Å². The summed E-state index contributed by atoms with van der Waals surface area (Å²) in [7, 11) is 1.68. The number of methoxy groups -OCH3 is 1. The first kappa shape index (κ1) is 18.4. The Morgan fingerprint density at radius 3 is 2.77 bits per heavy atom. The molecule has 2 aromatic rings. The highest BCUT2D eigenvalue weighted by atomic mass is 16.5. The molecule has 1 aromatic heterocycles. The molecular weight excluding hydrogens is 330 g/mol. The third-order valence-corrected chi connectivity index (χ3v) is 4.32. The van der Waals surface area contributed by atoms with E-state index in [0.29, 0.717) is 12.5 Å². The fraction of sp³-hybridized carbons (Fsp3) is 0.474. The topological polar surface area (TPSA) is 71.5 Å². The Bertz CT molecular complexity index is 704. The predicted molar refractivity (Wildman–Crippen MR) is 103 cm³/mol. The smallest absolute Gasteiger partial charge is 0.225 e. The van der Waals surface area contributed by atoms with Crippen molar-refractivity contribution in [3.63, 3.8) is 0 Å². The summed E-state index contributed by atoms with van der Waals surface area (Å²) >= 11 is 0. The van der Waals surface area contributed by atoms with Crippen molar-refractivity contribution in [1.29, 1.82) is 0 Å². The SMILES string of the molecule is COc1ccccc1CNc1nc(C)cc(NCCN2CCOCC2)n1. The number of benzene rings is 1. The summed E-state index contributed by atoms with van der Waals surface area (Å²) in [6.07, 6.45) is 0. The van der Waals surface area contributed by atoms with Gasteiger partial charge in [0.25, 0.3) is 0 Å². The standard InChI is InChI=1S/C19H27N5O2/c1-15-13-18(20-7-8-24-9-11-26-12-10-24)23-19(22-15)21-14-16-5-3-4-6-17(16)25-2/h3-6,13H,7-12,14H2,1-2H3,(H2,20,21,22,23). The molecule has 1 fully saturated rings. The predicted octanol–water partition coefficient (Wildman–Crippen LogP) is 2.15. The lowest BCUT2D eigenvalue weighted by molar-refractivity contribution is 0.0398. The minimum absolute atomic E-state index is 0.612. The third kappa shape index (κ3) is 5.31. The van der Waals surface area contributed by atoms with E-state index in [0.717, 1.165) is 62.2 Å². The quantitative estimate of drug-likeness (QED) is 0.750. The van der Waals surface area contributed by atoms with Gasteiger partial charge in [-0.3, -0.25) is 4.90 Å². The van der Waals surface area contributed by atoms with Crippen molar-refractivity contribution in [3.05, 3.63) is 41.6 Å². The highest BCUT2D eigenvalue weighted by molar-refractivity contribution is 5.43. The first-order chi connectivity index (χ1) is 12.7. The Kier molecular flexibility index (Phi) is 6.62. The molecule has 1 aromatic carbocycles. The number of aromatic nitrogens is 2. The second-order valence-corrected chi connectivity index (χ2v) is 6.26. The van der Waals surface area contributed by atoms with Crippen LogP contribution >= 0.6 is 0 Å². The number of ether oxygens (including phenoxy) is 2. The number of aryl methyl sites for hydroxylation is 1. The normalized spacial score (nSPS) is 14.8. The van der Waals surface area contributed by atoms with Crippen LogP contribution in [0.4, 0.5) is 11.8 Å². The molecule has 0 bridgehead atoms. The van der Waals surface area contributed by atoms with Crippen molar-refractivity contribution < 1.29 is 9.47 Å². The number of hydrogen-bond acceptors (Lipinski definition) is 7. The van der Waals surface area contributed by atoms with Crippen LogP contribution < -0.4 is 15.4 Å². The van der Waals surface area contributed by atoms with Gasteiger partial charge < -0.3 is 20.1 Å². The van der Waals surface area contributed by atoms with Crippen LogP contribution in [-0.4, -0.2) is 61.4 Å². The van der Waals surface area contributed by atoms with E-state index in [4.69, 9.17) is 9.47 Å². The van der Waals surface area contributed by atoms with Crippen LogP contribution in [0.15, 0.2) is 30.3 Å². The Morgan fingerprint density at radius 2 is 1.96 bits per heavy atom. The van der Waals surface area contributed by atoms with E-state index in [-0.39, 0.29) is 0 Å². The summed E-state index contributed by atoms with van der Waals surface area (Å²) < 4.78 is 10.8. The molecule has 0 unspecified atom stereocenters. The van der Waals surface area contributed by atoms with Crippen molar-refractivity contribution >= 4 is 11.8 Å². The van der Waals surface area contributed by atoms with Crippen molar-refractivity contribution in [2.75, 3.05) is 57.1 Å². The molecule has 0 radical (unpaired) electrons. The van der Waals surface area contributed by atoms with Gasteiger partial charge in [0.1, 0.15) is 11.6 Å². The summed E-state index contributed by atoms with van der Waals surface area (Å²) in [6.45, 7) is 8.06. The molecule has 2 N–H and O–H groups in total. The van der Waals surface area contributed by atoms with Gasteiger partial charge in [-0.25, -0.2) is 4.98 Å². The Labute approximate surface area is 154 Å². The van der Waals surface area contributed by atoms with Crippen molar-refractivity contribution in [3.8, 4) is 5.75 Å². The molecule has 3 rings (SSSR count). The first-order valence-corrected chi connectivity index (χ1v) is 9.00. The van der Waals surface area contributed by atoms with Gasteiger partial charge >= 0.3 is 0 Å². The second-order valence-electron chi connectivity index (χ2n) is 6.26. The van der Waals surface area contributed by atoms with Crippen LogP contribution in [0, 0.1) is 6.92 Å². The first-order valence-electron chi connectivity index (χ1n) is 9.00. The zero-order valence-corrected chi connectivity index (χ0v) is 15.5. The Balaban J connectivity index is 1.55. The largest absolute Gasteiger partial charge is 0.496 e. The van der Waals surface area contributed by atoms with Gasteiger partial charge in [-0.05, 0) is 13.0 Å². The van der Waals surface area contributed by atoms with Gasteiger partial charge in [-0.2, -0.15) is 4.98 Å². The summed E-state index contributed by atoms with van der Waals surface area (Å²) in [5.74, 6) is 2.31. The van der Waals surface area contributed by atoms with E-state index in [9.17, 15) is 0 Å². The maximum absolute atomic E-state index is 5.39. The van der Waals surface area contributed by atoms with Gasteiger partial charge in [0.2, 0.25) is 5.95 Å². The minimum Gasteiger partial charge on any atom is -0.496 e. The molecule has 0 atom stereocenters. The van der Waals surface area contributed by atoms with Crippen LogP contribution in [-0.2, 0) is 11.3 Å². The van der Waals surface area contributed by atoms with Crippen molar-refractivity contribution in [2.24, 2.45) is 0 Å². The number of para-hydroxylation sites is 1. The van der Waals surface area contributed by atoms with Crippen LogP contribution in [0.25, 0.3) is 0 Å². The van der Waals surface area contributed by atoms with Gasteiger partial charge in [0, 0.05) is 50.0 Å². The van der Waals surface area contributed by atoms with Gasteiger partial charge in [0.05, 0.1) is 20.3 Å². The molecule has 7 nitrogen and oxygen atoms in total. The number of nitrogens with one attached hydrogen (secondary N) is 2. The number of rotatable bonds is 8. The van der Waals surface area contributed by atoms with E-state index >= 15 is 0 Å². The molecule has 7 heteroatoms. The Hall–Kier alpha value is -2.38. The number of morpholine rings is 1. The van der Waals surface area contributed by atoms with Crippen LogP contribution in [0.3, 0.4) is 0 Å². The Morgan fingerprint density at radius 1 is 1.15 bits per heavy atom. The van der Waals surface area contributed by atoms with Crippen LogP contribution in [0.5, 0.6) is 5.75 Å². The minimum atomic E-state index is 0.612.